The van der Waals surface area contributed by atoms with E-state index >= 15 is 0 Å². The fraction of sp³-hybridized carbons (Fsp3) is 0.615. The molecule has 17 heavy (non-hydrogen) atoms. The van der Waals surface area contributed by atoms with E-state index in [0.717, 1.165) is 31.7 Å². The Balaban J connectivity index is 1.99. The number of rotatable bonds is 0. The number of aromatic nitrogens is 1. The number of nitrogens with zero attached hydrogens (tertiary/aromatic N) is 2. The van der Waals surface area contributed by atoms with E-state index in [1.807, 2.05) is 12.1 Å². The molecule has 94 valence electrons. The quantitative estimate of drug-likeness (QED) is 0.689. The van der Waals surface area contributed by atoms with Gasteiger partial charge < -0.3 is 14.4 Å². The third-order valence-corrected chi connectivity index (χ3v) is 2.85. The Hall–Kier alpha value is -1.29. The van der Waals surface area contributed by atoms with E-state index in [1.165, 1.54) is 6.42 Å². The van der Waals surface area contributed by atoms with Crippen LogP contribution in [0.25, 0.3) is 0 Å². The summed E-state index contributed by atoms with van der Waals surface area (Å²) in [6.07, 6.45) is 4.99. The molecule has 0 fully saturated rings. The monoisotopic (exact) mass is 236 g/mol. The van der Waals surface area contributed by atoms with Crippen LogP contribution in [0, 0.1) is 0 Å². The van der Waals surface area contributed by atoms with Crippen LogP contribution < -0.4 is 9.47 Å². The summed E-state index contributed by atoms with van der Waals surface area (Å²) in [5.74, 6) is 1.39. The summed E-state index contributed by atoms with van der Waals surface area (Å²) in [5.41, 5.74) is 0. The van der Waals surface area contributed by atoms with Crippen molar-refractivity contribution < 1.29 is 9.47 Å². The standard InChI is InChI=1S/C13H20N2O2/c1-15-8-2-3-10-17-13-12(6-4-7-14-13)16-11-5-9-15/h4,6-7H,2-3,5,8-11H2,1H3. The molecule has 1 aliphatic heterocycles. The Morgan fingerprint density at radius 3 is 2.88 bits per heavy atom. The molecule has 0 aliphatic carbocycles. The number of hydrogen-bond acceptors (Lipinski definition) is 4. The van der Waals surface area contributed by atoms with E-state index < -0.39 is 0 Å². The minimum absolute atomic E-state index is 0.626. The number of hydrogen-bond donors (Lipinski definition) is 0. The van der Waals surface area contributed by atoms with E-state index in [-0.39, 0.29) is 0 Å². The Morgan fingerprint density at radius 1 is 1.12 bits per heavy atom. The highest BCUT2D eigenvalue weighted by Gasteiger charge is 2.07. The number of ether oxygens (including phenoxy) is 2. The van der Waals surface area contributed by atoms with Crippen molar-refractivity contribution in [2.75, 3.05) is 33.4 Å². The smallest absolute Gasteiger partial charge is 0.256 e. The molecule has 0 amide bonds. The normalized spacial score (nSPS) is 19.1. The van der Waals surface area contributed by atoms with Gasteiger partial charge in [0, 0.05) is 12.7 Å². The van der Waals surface area contributed by atoms with Crippen LogP contribution in [0.5, 0.6) is 11.6 Å². The van der Waals surface area contributed by atoms with Gasteiger partial charge >= 0.3 is 0 Å². The first-order chi connectivity index (χ1) is 8.36. The Kier molecular flexibility index (Phi) is 4.62. The van der Waals surface area contributed by atoms with Crippen LogP contribution in [0.15, 0.2) is 18.3 Å². The predicted octanol–water partition coefficient (Wildman–Crippen LogP) is 1.95. The van der Waals surface area contributed by atoms with E-state index in [2.05, 4.69) is 16.9 Å². The molecule has 2 rings (SSSR count). The van der Waals surface area contributed by atoms with Gasteiger partial charge in [-0.1, -0.05) is 0 Å². The zero-order valence-corrected chi connectivity index (χ0v) is 10.4. The Bertz CT molecular complexity index is 344. The van der Waals surface area contributed by atoms with Gasteiger partial charge in [0.2, 0.25) is 0 Å². The molecule has 0 spiro atoms. The maximum absolute atomic E-state index is 5.69. The maximum atomic E-state index is 5.69. The predicted molar refractivity (Wildman–Crippen MR) is 66.6 cm³/mol. The second-order valence-corrected chi connectivity index (χ2v) is 4.37. The summed E-state index contributed by atoms with van der Waals surface area (Å²) >= 11 is 0. The van der Waals surface area contributed by atoms with Crippen LogP contribution in [0.1, 0.15) is 19.3 Å². The first-order valence-corrected chi connectivity index (χ1v) is 6.25. The van der Waals surface area contributed by atoms with Crippen molar-refractivity contribution in [1.82, 2.24) is 9.88 Å². The molecule has 0 N–H and O–H groups in total. The molecule has 1 aromatic rings. The average Bonchev–Trinajstić information content (AvgIpc) is 2.34. The summed E-state index contributed by atoms with van der Waals surface area (Å²) in [6, 6.07) is 3.79. The summed E-state index contributed by atoms with van der Waals surface area (Å²) in [7, 11) is 2.15. The summed E-state index contributed by atoms with van der Waals surface area (Å²) in [4.78, 5) is 6.55. The lowest BCUT2D eigenvalue weighted by Crippen LogP contribution is -2.23. The van der Waals surface area contributed by atoms with Crippen LogP contribution in [0.4, 0.5) is 0 Å². The SMILES string of the molecule is CN1CCCCOc2ncccc2OCCC1. The minimum atomic E-state index is 0.626. The average molecular weight is 236 g/mol. The van der Waals surface area contributed by atoms with Crippen molar-refractivity contribution in [1.29, 1.82) is 0 Å². The van der Waals surface area contributed by atoms with Crippen molar-refractivity contribution in [3.63, 3.8) is 0 Å². The number of fused-ring (bicyclic) bond motifs is 1. The molecule has 0 bridgehead atoms. The van der Waals surface area contributed by atoms with Gasteiger partial charge in [-0.25, -0.2) is 4.98 Å². The first kappa shape index (κ1) is 12.2. The van der Waals surface area contributed by atoms with Gasteiger partial charge in [-0.3, -0.25) is 0 Å². The minimum Gasteiger partial charge on any atom is -0.488 e. The lowest BCUT2D eigenvalue weighted by molar-refractivity contribution is 0.219. The van der Waals surface area contributed by atoms with E-state index in [9.17, 15) is 0 Å². The van der Waals surface area contributed by atoms with E-state index in [4.69, 9.17) is 9.47 Å². The van der Waals surface area contributed by atoms with Gasteiger partial charge in [-0.15, -0.1) is 0 Å². The second kappa shape index (κ2) is 6.45. The van der Waals surface area contributed by atoms with Crippen molar-refractivity contribution in [2.24, 2.45) is 0 Å². The third-order valence-electron chi connectivity index (χ3n) is 2.85. The fourth-order valence-corrected chi connectivity index (χ4v) is 1.88. The van der Waals surface area contributed by atoms with Gasteiger partial charge in [0.15, 0.2) is 5.75 Å². The van der Waals surface area contributed by atoms with E-state index in [0.29, 0.717) is 19.1 Å². The van der Waals surface area contributed by atoms with Crippen LogP contribution in [0.2, 0.25) is 0 Å². The van der Waals surface area contributed by atoms with Crippen molar-refractivity contribution in [3.8, 4) is 11.6 Å². The van der Waals surface area contributed by atoms with Crippen molar-refractivity contribution >= 4 is 0 Å². The highest BCUT2D eigenvalue weighted by molar-refractivity contribution is 5.32. The fourth-order valence-electron chi connectivity index (χ4n) is 1.88. The zero-order chi connectivity index (χ0) is 11.9. The lowest BCUT2D eigenvalue weighted by Gasteiger charge is -2.18. The summed E-state index contributed by atoms with van der Waals surface area (Å²) in [6.45, 7) is 3.63. The van der Waals surface area contributed by atoms with Gasteiger partial charge in [0.1, 0.15) is 0 Å². The van der Waals surface area contributed by atoms with Crippen LogP contribution in [-0.4, -0.2) is 43.2 Å². The largest absolute Gasteiger partial charge is 0.488 e. The van der Waals surface area contributed by atoms with Gasteiger partial charge in [0.05, 0.1) is 13.2 Å². The van der Waals surface area contributed by atoms with Crippen LogP contribution in [0.3, 0.4) is 0 Å². The molecule has 1 aromatic heterocycles. The Labute approximate surface area is 103 Å². The highest BCUT2D eigenvalue weighted by Crippen LogP contribution is 2.23. The molecular formula is C13H20N2O2. The zero-order valence-electron chi connectivity index (χ0n) is 10.4. The van der Waals surface area contributed by atoms with Gasteiger partial charge in [0.25, 0.3) is 5.88 Å². The molecular weight excluding hydrogens is 216 g/mol. The molecule has 4 heteroatoms. The van der Waals surface area contributed by atoms with Crippen LogP contribution in [-0.2, 0) is 0 Å². The molecule has 0 radical (unpaired) electrons. The van der Waals surface area contributed by atoms with Gasteiger partial charge in [-0.2, -0.15) is 0 Å². The highest BCUT2D eigenvalue weighted by atomic mass is 16.5. The molecule has 0 unspecified atom stereocenters. The molecule has 0 saturated heterocycles. The molecule has 2 heterocycles. The molecule has 4 nitrogen and oxygen atoms in total. The number of pyridine rings is 1. The van der Waals surface area contributed by atoms with E-state index in [1.54, 1.807) is 6.20 Å². The van der Waals surface area contributed by atoms with Crippen LogP contribution >= 0.6 is 0 Å². The third kappa shape index (κ3) is 3.89. The maximum Gasteiger partial charge on any atom is 0.256 e. The van der Waals surface area contributed by atoms with Gasteiger partial charge in [-0.05, 0) is 45.0 Å². The van der Waals surface area contributed by atoms with Crippen molar-refractivity contribution in [3.05, 3.63) is 18.3 Å². The molecule has 0 aromatic carbocycles. The van der Waals surface area contributed by atoms with Crippen molar-refractivity contribution in [2.45, 2.75) is 19.3 Å². The lowest BCUT2D eigenvalue weighted by atomic mass is 10.3. The molecule has 0 atom stereocenters. The topological polar surface area (TPSA) is 34.6 Å². The second-order valence-electron chi connectivity index (χ2n) is 4.37. The summed E-state index contributed by atoms with van der Waals surface area (Å²) < 4.78 is 11.3. The first-order valence-electron chi connectivity index (χ1n) is 6.25. The molecule has 1 aliphatic rings. The summed E-state index contributed by atoms with van der Waals surface area (Å²) in [5, 5.41) is 0. The molecule has 0 saturated carbocycles. The Morgan fingerprint density at radius 2 is 1.94 bits per heavy atom.